The molecule has 0 fully saturated rings. The van der Waals surface area contributed by atoms with Crippen molar-refractivity contribution in [1.82, 2.24) is 14.7 Å². The maximum Gasteiger partial charge on any atom is 0.222 e. The Balaban J connectivity index is 1.97. The molecule has 0 radical (unpaired) electrons. The SMILES string of the molecule is C=CCCC(O)CN(CCC)Cc1c(-c2ccccc2)nn(C)c1Oc1cccc(C)c1. The van der Waals surface area contributed by atoms with Crippen LogP contribution >= 0.6 is 0 Å². The van der Waals surface area contributed by atoms with Crippen molar-refractivity contribution in [3.05, 3.63) is 78.4 Å². The molecule has 0 spiro atoms. The standard InChI is InChI=1S/C27H35N3O2/c1-5-7-15-23(31)19-30(17-6-2)20-25-26(22-13-9-8-10-14-22)28-29(4)27(25)32-24-16-11-12-21(3)18-24/h5,8-14,16,18,23,31H,1,6-7,15,17,19-20H2,2-4H3. The Hall–Kier alpha value is -2.89. The molecule has 5 nitrogen and oxygen atoms in total. The Morgan fingerprint density at radius 3 is 2.66 bits per heavy atom. The van der Waals surface area contributed by atoms with Gasteiger partial charge >= 0.3 is 0 Å². The fourth-order valence-corrected chi connectivity index (χ4v) is 3.92. The molecule has 0 saturated carbocycles. The molecular weight excluding hydrogens is 398 g/mol. The topological polar surface area (TPSA) is 50.5 Å². The summed E-state index contributed by atoms with van der Waals surface area (Å²) in [6, 6.07) is 18.3. The van der Waals surface area contributed by atoms with E-state index < -0.39 is 6.10 Å². The van der Waals surface area contributed by atoms with Crippen LogP contribution in [0, 0.1) is 6.92 Å². The fraction of sp³-hybridized carbons (Fsp3) is 0.370. The Kier molecular flexibility index (Phi) is 8.65. The molecule has 0 aliphatic carbocycles. The Morgan fingerprint density at radius 2 is 1.97 bits per heavy atom. The highest BCUT2D eigenvalue weighted by molar-refractivity contribution is 5.65. The van der Waals surface area contributed by atoms with Gasteiger partial charge < -0.3 is 9.84 Å². The van der Waals surface area contributed by atoms with E-state index in [0.717, 1.165) is 59.8 Å². The van der Waals surface area contributed by atoms with E-state index in [-0.39, 0.29) is 0 Å². The summed E-state index contributed by atoms with van der Waals surface area (Å²) in [5.41, 5.74) is 4.15. The molecule has 1 N–H and O–H groups in total. The zero-order valence-electron chi connectivity index (χ0n) is 19.5. The summed E-state index contributed by atoms with van der Waals surface area (Å²) >= 11 is 0. The monoisotopic (exact) mass is 433 g/mol. The van der Waals surface area contributed by atoms with E-state index >= 15 is 0 Å². The van der Waals surface area contributed by atoms with Crippen LogP contribution in [-0.2, 0) is 13.6 Å². The molecule has 5 heteroatoms. The quantitative estimate of drug-likeness (QED) is 0.371. The number of benzene rings is 2. The zero-order valence-corrected chi connectivity index (χ0v) is 19.5. The minimum atomic E-state index is -0.391. The molecule has 0 saturated heterocycles. The van der Waals surface area contributed by atoms with Crippen molar-refractivity contribution < 1.29 is 9.84 Å². The molecule has 3 aromatic rings. The van der Waals surface area contributed by atoms with Crippen molar-refractivity contribution in [1.29, 1.82) is 0 Å². The van der Waals surface area contributed by atoms with Crippen LogP contribution in [-0.4, -0.2) is 39.0 Å². The van der Waals surface area contributed by atoms with Gasteiger partial charge in [-0.25, -0.2) is 4.68 Å². The van der Waals surface area contributed by atoms with Gasteiger partial charge in [0.25, 0.3) is 0 Å². The first-order chi connectivity index (χ1) is 15.5. The molecule has 1 aromatic heterocycles. The molecule has 1 heterocycles. The van der Waals surface area contributed by atoms with Gasteiger partial charge in [0.15, 0.2) is 0 Å². The van der Waals surface area contributed by atoms with Crippen LogP contribution in [0.3, 0.4) is 0 Å². The normalized spacial score (nSPS) is 12.2. The van der Waals surface area contributed by atoms with Crippen molar-refractivity contribution >= 4 is 0 Å². The number of allylic oxidation sites excluding steroid dienone is 1. The number of ether oxygens (including phenoxy) is 1. The van der Waals surface area contributed by atoms with Crippen molar-refractivity contribution in [3.63, 3.8) is 0 Å². The number of aliphatic hydroxyl groups is 1. The first-order valence-corrected chi connectivity index (χ1v) is 11.4. The van der Waals surface area contributed by atoms with E-state index in [4.69, 9.17) is 9.84 Å². The van der Waals surface area contributed by atoms with Crippen molar-refractivity contribution in [2.24, 2.45) is 7.05 Å². The summed E-state index contributed by atoms with van der Waals surface area (Å²) in [5, 5.41) is 15.4. The first-order valence-electron chi connectivity index (χ1n) is 11.4. The summed E-state index contributed by atoms with van der Waals surface area (Å²) < 4.78 is 8.19. The molecule has 0 amide bonds. The molecule has 32 heavy (non-hydrogen) atoms. The van der Waals surface area contributed by atoms with Crippen LogP contribution in [0.4, 0.5) is 0 Å². The molecular formula is C27H35N3O2. The summed E-state index contributed by atoms with van der Waals surface area (Å²) in [5.74, 6) is 1.53. The highest BCUT2D eigenvalue weighted by Gasteiger charge is 2.23. The number of aryl methyl sites for hydroxylation is 2. The van der Waals surface area contributed by atoms with Crippen LogP contribution in [0.2, 0.25) is 0 Å². The van der Waals surface area contributed by atoms with Crippen LogP contribution in [0.1, 0.15) is 37.3 Å². The minimum absolute atomic E-state index is 0.391. The lowest BCUT2D eigenvalue weighted by atomic mass is 10.1. The van der Waals surface area contributed by atoms with Crippen LogP contribution < -0.4 is 4.74 Å². The van der Waals surface area contributed by atoms with Crippen LogP contribution in [0.25, 0.3) is 11.3 Å². The summed E-state index contributed by atoms with van der Waals surface area (Å²) in [4.78, 5) is 2.29. The lowest BCUT2D eigenvalue weighted by Crippen LogP contribution is -2.33. The largest absolute Gasteiger partial charge is 0.439 e. The van der Waals surface area contributed by atoms with E-state index in [1.165, 1.54) is 0 Å². The van der Waals surface area contributed by atoms with Gasteiger partial charge in [0, 0.05) is 25.7 Å². The lowest BCUT2D eigenvalue weighted by Gasteiger charge is -2.25. The maximum absolute atomic E-state index is 10.5. The van der Waals surface area contributed by atoms with Gasteiger partial charge in [0.1, 0.15) is 11.4 Å². The average Bonchev–Trinajstić information content (AvgIpc) is 3.08. The number of nitrogens with zero attached hydrogens (tertiary/aromatic N) is 3. The predicted octanol–water partition coefficient (Wildman–Crippen LogP) is 5.73. The third-order valence-corrected chi connectivity index (χ3v) is 5.43. The molecule has 1 atom stereocenters. The average molecular weight is 434 g/mol. The Labute approximate surface area is 192 Å². The molecule has 2 aromatic carbocycles. The molecule has 1 unspecified atom stereocenters. The number of hydrogen-bond acceptors (Lipinski definition) is 4. The van der Waals surface area contributed by atoms with E-state index in [9.17, 15) is 5.11 Å². The number of aliphatic hydroxyl groups excluding tert-OH is 1. The molecule has 0 aliphatic heterocycles. The first kappa shape index (κ1) is 23.8. The Bertz CT molecular complexity index is 997. The highest BCUT2D eigenvalue weighted by atomic mass is 16.5. The van der Waals surface area contributed by atoms with Gasteiger partial charge in [-0.15, -0.1) is 6.58 Å². The summed E-state index contributed by atoms with van der Waals surface area (Å²) in [6.45, 7) is 10.1. The number of rotatable bonds is 12. The van der Waals surface area contributed by atoms with Crippen LogP contribution in [0.15, 0.2) is 67.3 Å². The second-order valence-corrected chi connectivity index (χ2v) is 8.30. The third-order valence-electron chi connectivity index (χ3n) is 5.43. The van der Waals surface area contributed by atoms with Crippen molar-refractivity contribution in [3.8, 4) is 22.9 Å². The second kappa shape index (κ2) is 11.7. The van der Waals surface area contributed by atoms with Gasteiger partial charge in [0.05, 0.1) is 11.7 Å². The van der Waals surface area contributed by atoms with Gasteiger partial charge in [-0.1, -0.05) is 55.5 Å². The second-order valence-electron chi connectivity index (χ2n) is 8.30. The fourth-order valence-electron chi connectivity index (χ4n) is 3.92. The smallest absolute Gasteiger partial charge is 0.222 e. The van der Waals surface area contributed by atoms with Gasteiger partial charge in [0.2, 0.25) is 5.88 Å². The maximum atomic E-state index is 10.5. The summed E-state index contributed by atoms with van der Waals surface area (Å²) in [7, 11) is 1.92. The predicted molar refractivity (Wildman–Crippen MR) is 131 cm³/mol. The highest BCUT2D eigenvalue weighted by Crippen LogP contribution is 2.34. The van der Waals surface area contributed by atoms with E-state index in [2.05, 4.69) is 43.5 Å². The molecule has 3 rings (SSSR count). The minimum Gasteiger partial charge on any atom is -0.439 e. The third kappa shape index (κ3) is 6.31. The van der Waals surface area contributed by atoms with Gasteiger partial charge in [-0.3, -0.25) is 4.90 Å². The van der Waals surface area contributed by atoms with E-state index in [1.54, 1.807) is 0 Å². The molecule has 0 bridgehead atoms. The summed E-state index contributed by atoms with van der Waals surface area (Å²) in [6.07, 6.45) is 4.00. The number of hydrogen-bond donors (Lipinski definition) is 1. The zero-order chi connectivity index (χ0) is 22.9. The van der Waals surface area contributed by atoms with E-state index in [0.29, 0.717) is 13.1 Å². The van der Waals surface area contributed by atoms with Crippen molar-refractivity contribution in [2.75, 3.05) is 13.1 Å². The Morgan fingerprint density at radius 1 is 1.19 bits per heavy atom. The molecule has 170 valence electrons. The van der Waals surface area contributed by atoms with Crippen molar-refractivity contribution in [2.45, 2.75) is 45.8 Å². The lowest BCUT2D eigenvalue weighted by molar-refractivity contribution is 0.102. The molecule has 0 aliphatic rings. The van der Waals surface area contributed by atoms with Crippen LogP contribution in [0.5, 0.6) is 11.6 Å². The van der Waals surface area contributed by atoms with E-state index in [1.807, 2.05) is 54.2 Å². The van der Waals surface area contributed by atoms with Gasteiger partial charge in [-0.05, 0) is 50.4 Å². The van der Waals surface area contributed by atoms with Gasteiger partial charge in [-0.2, -0.15) is 5.10 Å². The number of aromatic nitrogens is 2.